The Kier molecular flexibility index (Phi) is 6.22. The van der Waals surface area contributed by atoms with Crippen LogP contribution >= 0.6 is 12.2 Å². The number of ether oxygens (including phenoxy) is 1. The van der Waals surface area contributed by atoms with E-state index in [1.165, 1.54) is 11.1 Å². The monoisotopic (exact) mass is 314 g/mol. The van der Waals surface area contributed by atoms with Gasteiger partial charge in [-0.05, 0) is 55.7 Å². The molecule has 0 aromatic heterocycles. The van der Waals surface area contributed by atoms with E-state index in [2.05, 4.69) is 35.8 Å². The van der Waals surface area contributed by atoms with Crippen molar-refractivity contribution in [3.05, 3.63) is 59.7 Å². The minimum Gasteiger partial charge on any atom is -0.496 e. The molecule has 0 fully saturated rings. The number of thiocarbonyl (C=S) groups is 1. The van der Waals surface area contributed by atoms with Gasteiger partial charge >= 0.3 is 0 Å². The van der Waals surface area contributed by atoms with E-state index in [0.29, 0.717) is 5.11 Å². The number of para-hydroxylation sites is 1. The summed E-state index contributed by atoms with van der Waals surface area (Å²) in [4.78, 5) is 0. The summed E-state index contributed by atoms with van der Waals surface area (Å²) in [7, 11) is 1.71. The highest BCUT2D eigenvalue weighted by molar-refractivity contribution is 7.80. The fourth-order valence-corrected chi connectivity index (χ4v) is 2.42. The topological polar surface area (TPSA) is 33.3 Å². The Morgan fingerprint density at radius 1 is 1.09 bits per heavy atom. The number of hydrogen-bond acceptors (Lipinski definition) is 2. The number of aryl methyl sites for hydroxylation is 2. The standard InChI is InChI=1S/C18H22N2OS/c1-14-9-11-16(12-10-14)20-18(22)19-13-5-7-15-6-3-4-8-17(15)21-2/h3-4,6,8-12H,5,7,13H2,1-2H3,(H2,19,20,22). The van der Waals surface area contributed by atoms with E-state index in [4.69, 9.17) is 17.0 Å². The van der Waals surface area contributed by atoms with Gasteiger partial charge in [0, 0.05) is 12.2 Å². The van der Waals surface area contributed by atoms with Gasteiger partial charge in [-0.25, -0.2) is 0 Å². The average molecular weight is 314 g/mol. The molecule has 2 rings (SSSR count). The normalized spacial score (nSPS) is 10.1. The molecule has 0 unspecified atom stereocenters. The average Bonchev–Trinajstić information content (AvgIpc) is 2.54. The molecule has 0 atom stereocenters. The highest BCUT2D eigenvalue weighted by Crippen LogP contribution is 2.18. The predicted molar refractivity (Wildman–Crippen MR) is 96.7 cm³/mol. The van der Waals surface area contributed by atoms with Gasteiger partial charge in [0.25, 0.3) is 0 Å². The summed E-state index contributed by atoms with van der Waals surface area (Å²) in [6.45, 7) is 2.90. The van der Waals surface area contributed by atoms with Crippen molar-refractivity contribution in [1.29, 1.82) is 0 Å². The van der Waals surface area contributed by atoms with Crippen molar-refractivity contribution in [3.63, 3.8) is 0 Å². The summed E-state index contributed by atoms with van der Waals surface area (Å²) in [5, 5.41) is 7.08. The van der Waals surface area contributed by atoms with Gasteiger partial charge in [-0.15, -0.1) is 0 Å². The fraction of sp³-hybridized carbons (Fsp3) is 0.278. The molecule has 4 heteroatoms. The third-order valence-electron chi connectivity index (χ3n) is 3.41. The first kappa shape index (κ1) is 16.3. The summed E-state index contributed by atoms with van der Waals surface area (Å²) in [5.41, 5.74) is 3.47. The number of methoxy groups -OCH3 is 1. The lowest BCUT2D eigenvalue weighted by molar-refractivity contribution is 0.409. The zero-order valence-electron chi connectivity index (χ0n) is 13.1. The number of rotatable bonds is 6. The molecule has 0 aliphatic heterocycles. The zero-order chi connectivity index (χ0) is 15.8. The second-order valence-electron chi connectivity index (χ2n) is 5.16. The van der Waals surface area contributed by atoms with Crippen LogP contribution in [0.3, 0.4) is 0 Å². The highest BCUT2D eigenvalue weighted by atomic mass is 32.1. The molecule has 0 bridgehead atoms. The summed E-state index contributed by atoms with van der Waals surface area (Å²) in [6, 6.07) is 16.3. The predicted octanol–water partition coefficient (Wildman–Crippen LogP) is 3.92. The molecule has 0 aliphatic rings. The van der Waals surface area contributed by atoms with Crippen molar-refractivity contribution in [1.82, 2.24) is 5.32 Å². The first-order valence-electron chi connectivity index (χ1n) is 7.42. The van der Waals surface area contributed by atoms with Crippen molar-refractivity contribution in [2.24, 2.45) is 0 Å². The molecular weight excluding hydrogens is 292 g/mol. The van der Waals surface area contributed by atoms with Crippen LogP contribution in [0.15, 0.2) is 48.5 Å². The lowest BCUT2D eigenvalue weighted by atomic mass is 10.1. The van der Waals surface area contributed by atoms with Crippen LogP contribution in [0.5, 0.6) is 5.75 Å². The minimum atomic E-state index is 0.656. The van der Waals surface area contributed by atoms with Gasteiger partial charge in [0.05, 0.1) is 7.11 Å². The van der Waals surface area contributed by atoms with Gasteiger partial charge in [0.15, 0.2) is 5.11 Å². The largest absolute Gasteiger partial charge is 0.496 e. The molecule has 0 saturated carbocycles. The van der Waals surface area contributed by atoms with Crippen LogP contribution in [0.1, 0.15) is 17.5 Å². The van der Waals surface area contributed by atoms with Crippen LogP contribution in [0.2, 0.25) is 0 Å². The van der Waals surface area contributed by atoms with Gasteiger partial charge in [-0.3, -0.25) is 0 Å². The Balaban J connectivity index is 1.72. The Morgan fingerprint density at radius 3 is 2.55 bits per heavy atom. The fourth-order valence-electron chi connectivity index (χ4n) is 2.20. The maximum absolute atomic E-state index is 5.35. The maximum Gasteiger partial charge on any atom is 0.170 e. The number of hydrogen-bond donors (Lipinski definition) is 2. The molecule has 0 radical (unpaired) electrons. The lowest BCUT2D eigenvalue weighted by Gasteiger charge is -2.11. The minimum absolute atomic E-state index is 0.656. The number of nitrogens with one attached hydrogen (secondary N) is 2. The van der Waals surface area contributed by atoms with Crippen LogP contribution in [-0.2, 0) is 6.42 Å². The van der Waals surface area contributed by atoms with Gasteiger partial charge in [-0.2, -0.15) is 0 Å². The molecule has 2 aromatic rings. The Labute approximate surface area is 137 Å². The van der Waals surface area contributed by atoms with Gasteiger partial charge in [-0.1, -0.05) is 35.9 Å². The third-order valence-corrected chi connectivity index (χ3v) is 3.66. The van der Waals surface area contributed by atoms with E-state index in [1.807, 2.05) is 30.3 Å². The summed E-state index contributed by atoms with van der Waals surface area (Å²) >= 11 is 5.30. The molecule has 0 spiro atoms. The van der Waals surface area contributed by atoms with Crippen molar-refractivity contribution in [2.75, 3.05) is 19.0 Å². The van der Waals surface area contributed by atoms with Crippen molar-refractivity contribution in [3.8, 4) is 5.75 Å². The van der Waals surface area contributed by atoms with Crippen LogP contribution in [0.4, 0.5) is 5.69 Å². The Bertz CT molecular complexity index is 611. The quantitative estimate of drug-likeness (QED) is 0.625. The van der Waals surface area contributed by atoms with E-state index in [9.17, 15) is 0 Å². The lowest BCUT2D eigenvalue weighted by Crippen LogP contribution is -2.29. The molecule has 0 heterocycles. The molecule has 0 amide bonds. The zero-order valence-corrected chi connectivity index (χ0v) is 13.9. The Hall–Kier alpha value is -2.07. The van der Waals surface area contributed by atoms with Gasteiger partial charge in [0.2, 0.25) is 0 Å². The molecule has 3 nitrogen and oxygen atoms in total. The molecule has 22 heavy (non-hydrogen) atoms. The van der Waals surface area contributed by atoms with E-state index in [0.717, 1.165) is 30.8 Å². The summed E-state index contributed by atoms with van der Waals surface area (Å²) < 4.78 is 5.35. The smallest absolute Gasteiger partial charge is 0.170 e. The first-order valence-corrected chi connectivity index (χ1v) is 7.83. The van der Waals surface area contributed by atoms with Crippen LogP contribution in [0, 0.1) is 6.92 Å². The highest BCUT2D eigenvalue weighted by Gasteiger charge is 2.02. The molecule has 2 N–H and O–H groups in total. The Morgan fingerprint density at radius 2 is 1.82 bits per heavy atom. The SMILES string of the molecule is COc1ccccc1CCCNC(=S)Nc1ccc(C)cc1. The molecular formula is C18H22N2OS. The van der Waals surface area contributed by atoms with E-state index < -0.39 is 0 Å². The second kappa shape index (κ2) is 8.39. The maximum atomic E-state index is 5.35. The number of anilines is 1. The van der Waals surface area contributed by atoms with Crippen molar-refractivity contribution in [2.45, 2.75) is 19.8 Å². The summed E-state index contributed by atoms with van der Waals surface area (Å²) in [6.07, 6.45) is 1.96. The second-order valence-corrected chi connectivity index (χ2v) is 5.57. The molecule has 2 aromatic carbocycles. The van der Waals surface area contributed by atoms with Crippen LogP contribution < -0.4 is 15.4 Å². The third kappa shape index (κ3) is 5.04. The van der Waals surface area contributed by atoms with Crippen LogP contribution in [-0.4, -0.2) is 18.8 Å². The first-order chi connectivity index (χ1) is 10.7. The molecule has 0 aliphatic carbocycles. The van der Waals surface area contributed by atoms with E-state index >= 15 is 0 Å². The molecule has 116 valence electrons. The van der Waals surface area contributed by atoms with Crippen molar-refractivity contribution < 1.29 is 4.74 Å². The van der Waals surface area contributed by atoms with Crippen LogP contribution in [0.25, 0.3) is 0 Å². The summed E-state index contributed by atoms with van der Waals surface area (Å²) in [5.74, 6) is 0.947. The van der Waals surface area contributed by atoms with E-state index in [1.54, 1.807) is 7.11 Å². The number of benzene rings is 2. The van der Waals surface area contributed by atoms with Gasteiger partial charge in [0.1, 0.15) is 5.75 Å². The van der Waals surface area contributed by atoms with Crippen molar-refractivity contribution >= 4 is 23.0 Å². The van der Waals surface area contributed by atoms with E-state index in [-0.39, 0.29) is 0 Å². The molecule has 0 saturated heterocycles. The van der Waals surface area contributed by atoms with Gasteiger partial charge < -0.3 is 15.4 Å².